The molecule has 1 aliphatic carbocycles. The minimum Gasteiger partial charge on any atom is -0.356 e. The van der Waals surface area contributed by atoms with Crippen molar-refractivity contribution >= 4 is 21.8 Å². The van der Waals surface area contributed by atoms with Crippen LogP contribution in [0.3, 0.4) is 0 Å². The maximum absolute atomic E-state index is 11.8. The second-order valence-corrected chi connectivity index (χ2v) is 6.00. The van der Waals surface area contributed by atoms with E-state index >= 15 is 0 Å². The summed E-state index contributed by atoms with van der Waals surface area (Å²) in [5, 5.41) is 3.94. The molecule has 0 heterocycles. The van der Waals surface area contributed by atoms with Crippen molar-refractivity contribution in [3.63, 3.8) is 0 Å². The summed E-state index contributed by atoms with van der Waals surface area (Å²) < 4.78 is 0. The summed E-state index contributed by atoms with van der Waals surface area (Å²) in [6.07, 6.45) is 0.999. The Kier molecular flexibility index (Phi) is 3.30. The van der Waals surface area contributed by atoms with Gasteiger partial charge in [-0.05, 0) is 17.3 Å². The SMILES string of the molecule is CC1(C)C(C(=O)NCCCBr)C1(C)C. The zero-order chi connectivity index (χ0) is 11.0. The fourth-order valence-electron chi connectivity index (χ4n) is 2.23. The summed E-state index contributed by atoms with van der Waals surface area (Å²) in [6, 6.07) is 0. The van der Waals surface area contributed by atoms with Gasteiger partial charge in [0.05, 0.1) is 0 Å². The molecule has 0 unspecified atom stereocenters. The van der Waals surface area contributed by atoms with E-state index in [9.17, 15) is 4.79 Å². The lowest BCUT2D eigenvalue weighted by Crippen LogP contribution is -2.28. The van der Waals surface area contributed by atoms with Gasteiger partial charge >= 0.3 is 0 Å². The van der Waals surface area contributed by atoms with Gasteiger partial charge in [0, 0.05) is 17.8 Å². The summed E-state index contributed by atoms with van der Waals surface area (Å²) in [4.78, 5) is 11.8. The molecule has 0 aromatic rings. The van der Waals surface area contributed by atoms with E-state index in [0.29, 0.717) is 0 Å². The van der Waals surface area contributed by atoms with Crippen molar-refractivity contribution in [1.82, 2.24) is 5.32 Å². The molecule has 0 aromatic carbocycles. The number of hydrogen-bond donors (Lipinski definition) is 1. The summed E-state index contributed by atoms with van der Waals surface area (Å²) >= 11 is 3.35. The average Bonchev–Trinajstić information content (AvgIpc) is 2.43. The van der Waals surface area contributed by atoms with Crippen LogP contribution in [0.15, 0.2) is 0 Å². The van der Waals surface area contributed by atoms with E-state index in [1.54, 1.807) is 0 Å². The highest BCUT2D eigenvalue weighted by atomic mass is 79.9. The maximum Gasteiger partial charge on any atom is 0.224 e. The zero-order valence-corrected chi connectivity index (χ0v) is 11.1. The second kappa shape index (κ2) is 3.84. The molecule has 2 nitrogen and oxygen atoms in total. The molecule has 82 valence electrons. The van der Waals surface area contributed by atoms with Crippen LogP contribution < -0.4 is 5.32 Å². The Morgan fingerprint density at radius 3 is 2.14 bits per heavy atom. The summed E-state index contributed by atoms with van der Waals surface area (Å²) in [5.41, 5.74) is 0.316. The van der Waals surface area contributed by atoms with E-state index < -0.39 is 0 Å². The van der Waals surface area contributed by atoms with Gasteiger partial charge in [-0.2, -0.15) is 0 Å². The zero-order valence-electron chi connectivity index (χ0n) is 9.48. The van der Waals surface area contributed by atoms with Crippen LogP contribution in [0.5, 0.6) is 0 Å². The van der Waals surface area contributed by atoms with Crippen LogP contribution in [0.4, 0.5) is 0 Å². The number of halogens is 1. The van der Waals surface area contributed by atoms with Crippen LogP contribution in [0.2, 0.25) is 0 Å². The molecule has 1 rings (SSSR count). The van der Waals surface area contributed by atoms with Gasteiger partial charge < -0.3 is 5.32 Å². The molecule has 1 amide bonds. The fraction of sp³-hybridized carbons (Fsp3) is 0.909. The monoisotopic (exact) mass is 261 g/mol. The van der Waals surface area contributed by atoms with Gasteiger partial charge in [-0.15, -0.1) is 0 Å². The predicted molar refractivity (Wildman–Crippen MR) is 62.5 cm³/mol. The Morgan fingerprint density at radius 2 is 1.79 bits per heavy atom. The number of alkyl halides is 1. The van der Waals surface area contributed by atoms with Crippen LogP contribution in [0.25, 0.3) is 0 Å². The highest BCUT2D eigenvalue weighted by Crippen LogP contribution is 2.68. The van der Waals surface area contributed by atoms with Crippen molar-refractivity contribution < 1.29 is 4.79 Å². The van der Waals surface area contributed by atoms with Crippen molar-refractivity contribution in [2.24, 2.45) is 16.7 Å². The summed E-state index contributed by atoms with van der Waals surface area (Å²) in [6.45, 7) is 9.46. The van der Waals surface area contributed by atoms with Crippen LogP contribution >= 0.6 is 15.9 Å². The average molecular weight is 262 g/mol. The van der Waals surface area contributed by atoms with Crippen LogP contribution in [-0.4, -0.2) is 17.8 Å². The van der Waals surface area contributed by atoms with Crippen molar-refractivity contribution in [2.75, 3.05) is 11.9 Å². The molecule has 1 fully saturated rings. The molecule has 3 heteroatoms. The van der Waals surface area contributed by atoms with Crippen molar-refractivity contribution in [1.29, 1.82) is 0 Å². The molecule has 0 atom stereocenters. The molecular weight excluding hydrogens is 242 g/mol. The fourth-order valence-corrected chi connectivity index (χ4v) is 2.51. The molecule has 1 aliphatic rings. The quantitative estimate of drug-likeness (QED) is 0.612. The number of carbonyl (C=O) groups is 1. The molecule has 1 saturated carbocycles. The minimum absolute atomic E-state index is 0.158. The number of rotatable bonds is 4. The van der Waals surface area contributed by atoms with Crippen LogP contribution in [0.1, 0.15) is 34.1 Å². The first-order valence-electron chi connectivity index (χ1n) is 5.19. The van der Waals surface area contributed by atoms with Gasteiger partial charge in [0.1, 0.15) is 0 Å². The topological polar surface area (TPSA) is 29.1 Å². The van der Waals surface area contributed by atoms with E-state index in [1.807, 2.05) is 0 Å². The number of nitrogens with one attached hydrogen (secondary N) is 1. The minimum atomic E-state index is 0.158. The van der Waals surface area contributed by atoms with Gasteiger partial charge in [-0.25, -0.2) is 0 Å². The molecular formula is C11H20BrNO. The lowest BCUT2D eigenvalue weighted by molar-refractivity contribution is -0.123. The van der Waals surface area contributed by atoms with Gasteiger partial charge in [0.25, 0.3) is 0 Å². The maximum atomic E-state index is 11.8. The normalized spacial score (nSPS) is 23.2. The third kappa shape index (κ3) is 1.83. The molecule has 14 heavy (non-hydrogen) atoms. The van der Waals surface area contributed by atoms with Gasteiger partial charge in [0.15, 0.2) is 0 Å². The Morgan fingerprint density at radius 1 is 1.29 bits per heavy atom. The van der Waals surface area contributed by atoms with Crippen molar-refractivity contribution in [3.8, 4) is 0 Å². The molecule has 0 saturated heterocycles. The van der Waals surface area contributed by atoms with E-state index in [0.717, 1.165) is 18.3 Å². The third-order valence-corrected chi connectivity index (χ3v) is 4.45. The summed E-state index contributed by atoms with van der Waals surface area (Å²) in [7, 11) is 0. The Bertz CT molecular complexity index is 221. The highest BCUT2D eigenvalue weighted by Gasteiger charge is 2.68. The summed E-state index contributed by atoms with van der Waals surface area (Å²) in [5.74, 6) is 0.409. The highest BCUT2D eigenvalue weighted by molar-refractivity contribution is 9.09. The molecule has 0 radical (unpaired) electrons. The van der Waals surface area contributed by atoms with Gasteiger partial charge in [-0.1, -0.05) is 43.6 Å². The number of carbonyl (C=O) groups excluding carboxylic acids is 1. The van der Waals surface area contributed by atoms with Crippen molar-refractivity contribution in [3.05, 3.63) is 0 Å². The largest absolute Gasteiger partial charge is 0.356 e. The third-order valence-electron chi connectivity index (χ3n) is 3.89. The number of hydrogen-bond acceptors (Lipinski definition) is 1. The molecule has 1 N–H and O–H groups in total. The van der Waals surface area contributed by atoms with E-state index in [4.69, 9.17) is 0 Å². The van der Waals surface area contributed by atoms with E-state index in [1.165, 1.54) is 0 Å². The van der Waals surface area contributed by atoms with Crippen molar-refractivity contribution in [2.45, 2.75) is 34.1 Å². The molecule has 0 aliphatic heterocycles. The molecule has 0 aromatic heterocycles. The lowest BCUT2D eigenvalue weighted by Gasteiger charge is -2.04. The second-order valence-electron chi connectivity index (χ2n) is 5.21. The van der Waals surface area contributed by atoms with E-state index in [2.05, 4.69) is 48.9 Å². The number of amides is 1. The van der Waals surface area contributed by atoms with Crippen LogP contribution in [0, 0.1) is 16.7 Å². The smallest absolute Gasteiger partial charge is 0.224 e. The Hall–Kier alpha value is -0.0500. The van der Waals surface area contributed by atoms with Crippen LogP contribution in [-0.2, 0) is 4.79 Å². The van der Waals surface area contributed by atoms with Gasteiger partial charge in [0.2, 0.25) is 5.91 Å². The molecule has 0 bridgehead atoms. The molecule has 0 spiro atoms. The first-order chi connectivity index (χ1) is 6.35. The first kappa shape index (κ1) is 12.0. The lowest BCUT2D eigenvalue weighted by atomic mass is 10.0. The predicted octanol–water partition coefficient (Wildman–Crippen LogP) is 2.57. The first-order valence-corrected chi connectivity index (χ1v) is 6.31. The standard InChI is InChI=1S/C11H20BrNO/c1-10(2)8(11(10,3)4)9(14)13-7-5-6-12/h8H,5-7H2,1-4H3,(H,13,14). The van der Waals surface area contributed by atoms with Gasteiger partial charge in [-0.3, -0.25) is 4.79 Å². The van der Waals surface area contributed by atoms with E-state index in [-0.39, 0.29) is 22.7 Å². The Balaban J connectivity index is 2.42. The Labute approximate surface area is 95.0 Å².